The Kier molecular flexibility index (Phi) is 5.67. The third-order valence-corrected chi connectivity index (χ3v) is 2.65. The Hall–Kier alpha value is -1.93. The lowest BCUT2D eigenvalue weighted by molar-refractivity contribution is -0.161. The summed E-state index contributed by atoms with van der Waals surface area (Å²) in [5, 5.41) is 0. The van der Waals surface area contributed by atoms with E-state index in [1.165, 1.54) is 6.92 Å². The van der Waals surface area contributed by atoms with Gasteiger partial charge in [0, 0.05) is 6.54 Å². The van der Waals surface area contributed by atoms with Gasteiger partial charge in [-0.3, -0.25) is 4.79 Å². The smallest absolute Gasteiger partial charge is 0.416 e. The molecule has 3 nitrogen and oxygen atoms in total. The van der Waals surface area contributed by atoms with Gasteiger partial charge in [0.15, 0.2) is 6.61 Å². The zero-order valence-corrected chi connectivity index (χ0v) is 11.5. The molecule has 1 aromatic carbocycles. The van der Waals surface area contributed by atoms with Crippen molar-refractivity contribution in [3.8, 4) is 5.75 Å². The van der Waals surface area contributed by atoms with Gasteiger partial charge in [0.05, 0.1) is 5.56 Å². The van der Waals surface area contributed by atoms with Gasteiger partial charge in [-0.05, 0) is 31.2 Å². The van der Waals surface area contributed by atoms with Gasteiger partial charge in [-0.2, -0.15) is 26.3 Å². The number of ether oxygens (including phenoxy) is 1. The van der Waals surface area contributed by atoms with Crippen molar-refractivity contribution >= 4 is 5.91 Å². The highest BCUT2D eigenvalue weighted by Gasteiger charge is 2.32. The second-order valence-electron chi connectivity index (χ2n) is 4.33. The van der Waals surface area contributed by atoms with E-state index in [1.54, 1.807) is 0 Å². The Balaban J connectivity index is 2.60. The van der Waals surface area contributed by atoms with Crippen molar-refractivity contribution in [1.29, 1.82) is 0 Å². The van der Waals surface area contributed by atoms with Crippen LogP contribution in [0.3, 0.4) is 0 Å². The summed E-state index contributed by atoms with van der Waals surface area (Å²) in [6, 6.07) is 3.51. The molecule has 9 heteroatoms. The van der Waals surface area contributed by atoms with E-state index in [4.69, 9.17) is 4.74 Å². The van der Waals surface area contributed by atoms with Crippen LogP contribution in [0.2, 0.25) is 0 Å². The van der Waals surface area contributed by atoms with Crippen LogP contribution >= 0.6 is 0 Å². The maximum atomic E-state index is 12.3. The molecule has 0 aliphatic carbocycles. The van der Waals surface area contributed by atoms with Gasteiger partial charge < -0.3 is 9.64 Å². The quantitative estimate of drug-likeness (QED) is 0.774. The molecule has 0 aliphatic heterocycles. The molecule has 0 aromatic heterocycles. The summed E-state index contributed by atoms with van der Waals surface area (Å²) >= 11 is 0. The number of carbonyl (C=O) groups is 1. The first-order valence-corrected chi connectivity index (χ1v) is 6.17. The van der Waals surface area contributed by atoms with Crippen molar-refractivity contribution in [3.63, 3.8) is 0 Å². The Bertz CT molecular complexity index is 495. The summed E-state index contributed by atoms with van der Waals surface area (Å²) < 4.78 is 78.6. The molecule has 0 radical (unpaired) electrons. The van der Waals surface area contributed by atoms with Crippen LogP contribution < -0.4 is 4.74 Å². The van der Waals surface area contributed by atoms with Crippen LogP contribution in [0.4, 0.5) is 26.3 Å². The van der Waals surface area contributed by atoms with Crippen molar-refractivity contribution in [2.45, 2.75) is 19.3 Å². The third kappa shape index (κ3) is 5.82. The van der Waals surface area contributed by atoms with Crippen LogP contribution in [0.15, 0.2) is 24.3 Å². The molecular formula is C13H13F6NO2. The standard InChI is InChI=1S/C13H13F6NO2/c1-2-20(8-12(14,15)16)11(21)7-22-10-5-3-9(4-6-10)13(17,18)19/h3-6H,2,7-8H2,1H3. The lowest BCUT2D eigenvalue weighted by atomic mass is 10.2. The van der Waals surface area contributed by atoms with Gasteiger partial charge in [-0.1, -0.05) is 0 Å². The molecule has 0 heterocycles. The van der Waals surface area contributed by atoms with Crippen LogP contribution in [0.5, 0.6) is 5.75 Å². The first-order chi connectivity index (χ1) is 10.0. The summed E-state index contributed by atoms with van der Waals surface area (Å²) in [7, 11) is 0. The summed E-state index contributed by atoms with van der Waals surface area (Å²) in [5.74, 6) is -0.941. The molecule has 0 spiro atoms. The van der Waals surface area contributed by atoms with E-state index < -0.39 is 37.0 Å². The number of benzene rings is 1. The highest BCUT2D eigenvalue weighted by atomic mass is 19.4. The summed E-state index contributed by atoms with van der Waals surface area (Å²) in [4.78, 5) is 12.1. The number of carbonyl (C=O) groups excluding carboxylic acids is 1. The summed E-state index contributed by atoms with van der Waals surface area (Å²) in [6.45, 7) is -0.871. The summed E-state index contributed by atoms with van der Waals surface area (Å²) in [6.07, 6.45) is -9.03. The van der Waals surface area contributed by atoms with Crippen LogP contribution in [-0.4, -0.2) is 36.7 Å². The molecule has 0 fully saturated rings. The minimum Gasteiger partial charge on any atom is -0.484 e. The van der Waals surface area contributed by atoms with E-state index in [0.717, 1.165) is 24.3 Å². The van der Waals surface area contributed by atoms with Gasteiger partial charge >= 0.3 is 12.4 Å². The van der Waals surface area contributed by atoms with E-state index in [2.05, 4.69) is 0 Å². The molecule has 1 rings (SSSR count). The fourth-order valence-corrected chi connectivity index (χ4v) is 1.57. The number of alkyl halides is 6. The predicted octanol–water partition coefficient (Wildman–Crippen LogP) is 3.50. The highest BCUT2D eigenvalue weighted by molar-refractivity contribution is 5.77. The number of rotatable bonds is 5. The molecule has 124 valence electrons. The van der Waals surface area contributed by atoms with Gasteiger partial charge in [-0.25, -0.2) is 0 Å². The van der Waals surface area contributed by atoms with Gasteiger partial charge in [0.25, 0.3) is 5.91 Å². The Labute approximate surface area is 122 Å². The summed E-state index contributed by atoms with van der Waals surface area (Å²) in [5.41, 5.74) is -0.890. The number of halogens is 6. The topological polar surface area (TPSA) is 29.5 Å². The largest absolute Gasteiger partial charge is 0.484 e. The molecule has 0 unspecified atom stereocenters. The fraction of sp³-hybridized carbons (Fsp3) is 0.462. The zero-order chi connectivity index (χ0) is 17.0. The average molecular weight is 329 g/mol. The van der Waals surface area contributed by atoms with Gasteiger partial charge in [-0.15, -0.1) is 0 Å². The van der Waals surface area contributed by atoms with Crippen LogP contribution in [0.1, 0.15) is 12.5 Å². The minimum atomic E-state index is -4.53. The minimum absolute atomic E-state index is 0.0376. The zero-order valence-electron chi connectivity index (χ0n) is 11.5. The van der Waals surface area contributed by atoms with Gasteiger partial charge in [0.2, 0.25) is 0 Å². The van der Waals surface area contributed by atoms with Crippen molar-refractivity contribution in [1.82, 2.24) is 4.90 Å². The lowest BCUT2D eigenvalue weighted by Gasteiger charge is -2.22. The molecule has 1 aromatic rings. The van der Waals surface area contributed by atoms with Crippen LogP contribution in [0.25, 0.3) is 0 Å². The van der Waals surface area contributed by atoms with E-state index in [1.807, 2.05) is 0 Å². The Morgan fingerprint density at radius 2 is 1.64 bits per heavy atom. The Morgan fingerprint density at radius 1 is 1.09 bits per heavy atom. The van der Waals surface area contributed by atoms with Crippen molar-refractivity contribution < 1.29 is 35.9 Å². The molecular weight excluding hydrogens is 316 g/mol. The second-order valence-corrected chi connectivity index (χ2v) is 4.33. The molecule has 0 atom stereocenters. The SMILES string of the molecule is CCN(CC(F)(F)F)C(=O)COc1ccc(C(F)(F)F)cc1. The number of hydrogen-bond donors (Lipinski definition) is 0. The van der Waals surface area contributed by atoms with Crippen molar-refractivity contribution in [2.75, 3.05) is 19.7 Å². The molecule has 0 saturated heterocycles. The van der Waals surface area contributed by atoms with E-state index >= 15 is 0 Å². The molecule has 22 heavy (non-hydrogen) atoms. The fourth-order valence-electron chi connectivity index (χ4n) is 1.57. The number of amides is 1. The second kappa shape index (κ2) is 6.89. The number of hydrogen-bond acceptors (Lipinski definition) is 2. The first-order valence-electron chi connectivity index (χ1n) is 6.17. The predicted molar refractivity (Wildman–Crippen MR) is 65.2 cm³/mol. The lowest BCUT2D eigenvalue weighted by Crippen LogP contribution is -2.41. The molecule has 0 N–H and O–H groups in total. The maximum absolute atomic E-state index is 12.3. The monoisotopic (exact) mass is 329 g/mol. The number of nitrogens with zero attached hydrogens (tertiary/aromatic N) is 1. The molecule has 0 aliphatic rings. The first kappa shape index (κ1) is 18.1. The number of likely N-dealkylation sites (N-methyl/N-ethyl adjacent to an activating group) is 1. The highest BCUT2D eigenvalue weighted by Crippen LogP contribution is 2.30. The average Bonchev–Trinajstić information content (AvgIpc) is 2.40. The maximum Gasteiger partial charge on any atom is 0.416 e. The van der Waals surface area contributed by atoms with E-state index in [9.17, 15) is 31.1 Å². The third-order valence-electron chi connectivity index (χ3n) is 2.65. The van der Waals surface area contributed by atoms with Crippen LogP contribution in [-0.2, 0) is 11.0 Å². The molecule has 1 amide bonds. The van der Waals surface area contributed by atoms with E-state index in [0.29, 0.717) is 4.90 Å². The molecule has 0 saturated carbocycles. The van der Waals surface area contributed by atoms with Gasteiger partial charge in [0.1, 0.15) is 12.3 Å². The van der Waals surface area contributed by atoms with E-state index in [-0.39, 0.29) is 12.3 Å². The van der Waals surface area contributed by atoms with Crippen molar-refractivity contribution in [3.05, 3.63) is 29.8 Å². The Morgan fingerprint density at radius 3 is 2.05 bits per heavy atom. The molecule has 0 bridgehead atoms. The van der Waals surface area contributed by atoms with Crippen LogP contribution in [0, 0.1) is 0 Å². The normalized spacial score (nSPS) is 12.1. The van der Waals surface area contributed by atoms with Crippen molar-refractivity contribution in [2.24, 2.45) is 0 Å².